The van der Waals surface area contributed by atoms with E-state index in [0.717, 1.165) is 34.2 Å². The second-order valence-electron chi connectivity index (χ2n) is 7.33. The van der Waals surface area contributed by atoms with Gasteiger partial charge in [0.1, 0.15) is 0 Å². The summed E-state index contributed by atoms with van der Waals surface area (Å²) in [5, 5.41) is 9.23. The lowest BCUT2D eigenvalue weighted by Gasteiger charge is -2.25. The second kappa shape index (κ2) is 7.43. The maximum Gasteiger partial charge on any atom is 0.240 e. The minimum atomic E-state index is -0.249. The molecule has 0 bridgehead atoms. The van der Waals surface area contributed by atoms with Crippen molar-refractivity contribution in [3.05, 3.63) is 59.7 Å². The number of carbonyl (C=O) groups excluding carboxylic acids is 1. The van der Waals surface area contributed by atoms with Gasteiger partial charge in [-0.1, -0.05) is 54.2 Å². The van der Waals surface area contributed by atoms with Crippen molar-refractivity contribution in [2.24, 2.45) is 7.05 Å². The molecule has 1 amide bonds. The molecule has 0 spiro atoms. The van der Waals surface area contributed by atoms with E-state index in [-0.39, 0.29) is 17.2 Å². The molecule has 4 rings (SSSR count). The normalized spacial score (nSPS) is 16.9. The van der Waals surface area contributed by atoms with E-state index < -0.39 is 0 Å². The van der Waals surface area contributed by atoms with Gasteiger partial charge in [-0.3, -0.25) is 4.79 Å². The Morgan fingerprint density at radius 1 is 1.14 bits per heavy atom. The minimum Gasteiger partial charge on any atom is -0.308 e. The predicted octanol–water partition coefficient (Wildman–Crippen LogP) is 4.25. The average molecular weight is 393 g/mol. The van der Waals surface area contributed by atoms with Crippen molar-refractivity contribution in [2.45, 2.75) is 43.6 Å². The number of thioether (sulfide) groups is 1. The third-order valence-corrected chi connectivity index (χ3v) is 6.42. The van der Waals surface area contributed by atoms with Gasteiger partial charge in [0, 0.05) is 24.3 Å². The number of aromatic nitrogens is 3. The summed E-state index contributed by atoms with van der Waals surface area (Å²) in [5.74, 6) is 0.933. The van der Waals surface area contributed by atoms with Gasteiger partial charge < -0.3 is 9.47 Å². The van der Waals surface area contributed by atoms with Crippen LogP contribution in [0, 0.1) is 6.92 Å². The van der Waals surface area contributed by atoms with Crippen molar-refractivity contribution in [3.8, 4) is 11.4 Å². The van der Waals surface area contributed by atoms with Crippen molar-refractivity contribution in [2.75, 3.05) is 4.90 Å². The number of carbonyl (C=O) groups is 1. The molecule has 6 heteroatoms. The highest BCUT2D eigenvalue weighted by Crippen LogP contribution is 2.35. The molecule has 1 aromatic heterocycles. The monoisotopic (exact) mass is 392 g/mol. The van der Waals surface area contributed by atoms with Crippen LogP contribution in [0.1, 0.15) is 25.0 Å². The fourth-order valence-corrected chi connectivity index (χ4v) is 4.64. The highest BCUT2D eigenvalue weighted by molar-refractivity contribution is 8.00. The van der Waals surface area contributed by atoms with E-state index in [1.54, 1.807) is 0 Å². The first-order chi connectivity index (χ1) is 13.5. The van der Waals surface area contributed by atoms with Crippen LogP contribution in [0.3, 0.4) is 0 Å². The van der Waals surface area contributed by atoms with Crippen LogP contribution in [0.25, 0.3) is 11.4 Å². The molecular weight excluding hydrogens is 368 g/mol. The number of anilines is 1. The van der Waals surface area contributed by atoms with E-state index in [1.165, 1.54) is 17.3 Å². The van der Waals surface area contributed by atoms with Gasteiger partial charge in [-0.25, -0.2) is 0 Å². The van der Waals surface area contributed by atoms with Crippen molar-refractivity contribution in [1.82, 2.24) is 14.8 Å². The standard InChI is InChI=1S/C22H24N4OS/c1-14-9-5-7-11-18(14)20-23-24-22(25(20)4)28-16(3)21(27)26-15(2)13-17-10-6-8-12-19(17)26/h5-12,15-16H,13H2,1-4H3/t15-,16-/m0/s1. The molecule has 0 N–H and O–H groups in total. The maximum absolute atomic E-state index is 13.2. The van der Waals surface area contributed by atoms with Gasteiger partial charge in [0.15, 0.2) is 11.0 Å². The van der Waals surface area contributed by atoms with Gasteiger partial charge in [0.2, 0.25) is 5.91 Å². The summed E-state index contributed by atoms with van der Waals surface area (Å²) < 4.78 is 1.97. The number of para-hydroxylation sites is 1. The molecule has 1 aliphatic heterocycles. The zero-order valence-electron chi connectivity index (χ0n) is 16.6. The highest BCUT2D eigenvalue weighted by Gasteiger charge is 2.34. The van der Waals surface area contributed by atoms with Crippen molar-refractivity contribution >= 4 is 23.4 Å². The first-order valence-electron chi connectivity index (χ1n) is 9.50. The third kappa shape index (κ3) is 3.22. The molecule has 2 heterocycles. The topological polar surface area (TPSA) is 51.0 Å². The second-order valence-corrected chi connectivity index (χ2v) is 8.64. The number of nitrogens with zero attached hydrogens (tertiary/aromatic N) is 4. The summed E-state index contributed by atoms with van der Waals surface area (Å²) in [4.78, 5) is 15.1. The number of fused-ring (bicyclic) bond motifs is 1. The van der Waals surface area contributed by atoms with Crippen LogP contribution in [0.4, 0.5) is 5.69 Å². The molecule has 0 saturated carbocycles. The third-order valence-electron chi connectivity index (χ3n) is 5.30. The van der Waals surface area contributed by atoms with Gasteiger partial charge in [0.05, 0.1) is 5.25 Å². The predicted molar refractivity (Wildman–Crippen MR) is 114 cm³/mol. The minimum absolute atomic E-state index is 0.114. The highest BCUT2D eigenvalue weighted by atomic mass is 32.2. The fourth-order valence-electron chi connectivity index (χ4n) is 3.78. The number of hydrogen-bond acceptors (Lipinski definition) is 4. The zero-order chi connectivity index (χ0) is 19.8. The van der Waals surface area contributed by atoms with Crippen LogP contribution >= 0.6 is 11.8 Å². The van der Waals surface area contributed by atoms with Crippen LogP contribution in [-0.4, -0.2) is 32.0 Å². The Hall–Kier alpha value is -2.60. The van der Waals surface area contributed by atoms with Gasteiger partial charge in [-0.05, 0) is 44.4 Å². The Labute approximate surface area is 169 Å². The SMILES string of the molecule is Cc1ccccc1-c1nnc(S[C@@H](C)C(=O)N2c3ccccc3C[C@@H]2C)n1C. The summed E-state index contributed by atoms with van der Waals surface area (Å²) in [6, 6.07) is 16.5. The number of hydrogen-bond donors (Lipinski definition) is 0. The average Bonchev–Trinajstić information content (AvgIpc) is 3.21. The number of benzene rings is 2. The molecule has 2 atom stereocenters. The summed E-state index contributed by atoms with van der Waals surface area (Å²) in [6.45, 7) is 6.12. The summed E-state index contributed by atoms with van der Waals surface area (Å²) in [5.41, 5.74) is 4.48. The van der Waals surface area contributed by atoms with E-state index in [9.17, 15) is 4.79 Å². The van der Waals surface area contributed by atoms with Crippen LogP contribution in [-0.2, 0) is 18.3 Å². The molecule has 3 aromatic rings. The van der Waals surface area contributed by atoms with E-state index in [4.69, 9.17) is 0 Å². The number of aryl methyl sites for hydroxylation is 1. The van der Waals surface area contributed by atoms with Crippen LogP contribution in [0.15, 0.2) is 53.7 Å². The summed E-state index contributed by atoms with van der Waals surface area (Å²) in [7, 11) is 1.95. The smallest absolute Gasteiger partial charge is 0.240 e. The van der Waals surface area contributed by atoms with E-state index in [0.29, 0.717) is 0 Å². The fraction of sp³-hybridized carbons (Fsp3) is 0.318. The van der Waals surface area contributed by atoms with Gasteiger partial charge in [0.25, 0.3) is 0 Å². The number of amides is 1. The molecule has 0 radical (unpaired) electrons. The first-order valence-corrected chi connectivity index (χ1v) is 10.4. The first kappa shape index (κ1) is 18.7. The maximum atomic E-state index is 13.2. The quantitative estimate of drug-likeness (QED) is 0.623. The van der Waals surface area contributed by atoms with E-state index in [2.05, 4.69) is 36.2 Å². The Bertz CT molecular complexity index is 1030. The van der Waals surface area contributed by atoms with Crippen LogP contribution in [0.5, 0.6) is 0 Å². The van der Waals surface area contributed by atoms with Crippen molar-refractivity contribution in [3.63, 3.8) is 0 Å². The lowest BCUT2D eigenvalue weighted by molar-refractivity contribution is -0.118. The van der Waals surface area contributed by atoms with Gasteiger partial charge >= 0.3 is 0 Å². The van der Waals surface area contributed by atoms with Gasteiger partial charge in [-0.2, -0.15) is 0 Å². The number of rotatable bonds is 4. The van der Waals surface area contributed by atoms with Crippen LogP contribution < -0.4 is 4.90 Å². The van der Waals surface area contributed by atoms with E-state index >= 15 is 0 Å². The molecule has 0 fully saturated rings. The van der Waals surface area contributed by atoms with Gasteiger partial charge in [-0.15, -0.1) is 10.2 Å². The molecule has 1 aliphatic rings. The lowest BCUT2D eigenvalue weighted by Crippen LogP contribution is -2.40. The Balaban J connectivity index is 1.56. The molecule has 2 aromatic carbocycles. The molecule has 5 nitrogen and oxygen atoms in total. The van der Waals surface area contributed by atoms with Crippen LogP contribution in [0.2, 0.25) is 0 Å². The van der Waals surface area contributed by atoms with Crippen molar-refractivity contribution < 1.29 is 4.79 Å². The Morgan fingerprint density at radius 2 is 1.86 bits per heavy atom. The lowest BCUT2D eigenvalue weighted by atomic mass is 10.1. The molecular formula is C22H24N4OS. The summed E-state index contributed by atoms with van der Waals surface area (Å²) >= 11 is 1.46. The molecule has 28 heavy (non-hydrogen) atoms. The zero-order valence-corrected chi connectivity index (χ0v) is 17.4. The molecule has 0 unspecified atom stereocenters. The largest absolute Gasteiger partial charge is 0.308 e. The molecule has 0 aliphatic carbocycles. The van der Waals surface area contributed by atoms with Crippen molar-refractivity contribution in [1.29, 1.82) is 0 Å². The molecule has 144 valence electrons. The summed E-state index contributed by atoms with van der Waals surface area (Å²) in [6.07, 6.45) is 0.903. The Kier molecular flexibility index (Phi) is 4.98. The van der Waals surface area contributed by atoms with E-state index in [1.807, 2.05) is 59.8 Å². The molecule has 0 saturated heterocycles. The Morgan fingerprint density at radius 3 is 2.64 bits per heavy atom.